The summed E-state index contributed by atoms with van der Waals surface area (Å²) in [6, 6.07) is 7.50. The zero-order valence-corrected chi connectivity index (χ0v) is 12.4. The minimum Gasteiger partial charge on any atom is -0.326 e. The average Bonchev–Trinajstić information content (AvgIpc) is 2.85. The molecule has 20 heavy (non-hydrogen) atoms. The highest BCUT2D eigenvalue weighted by Gasteiger charge is 2.26. The lowest BCUT2D eigenvalue weighted by Crippen LogP contribution is -2.30. The first-order valence-corrected chi connectivity index (χ1v) is 7.16. The van der Waals surface area contributed by atoms with Crippen molar-refractivity contribution in [1.29, 1.82) is 0 Å². The van der Waals surface area contributed by atoms with Crippen molar-refractivity contribution in [2.45, 2.75) is 40.0 Å². The molecule has 2 rings (SSSR count). The molecule has 4 heteroatoms. The number of anilines is 2. The number of carbonyl (C=O) groups is 2. The lowest BCUT2D eigenvalue weighted by molar-refractivity contribution is -0.124. The first-order chi connectivity index (χ1) is 9.44. The second kappa shape index (κ2) is 5.65. The van der Waals surface area contributed by atoms with Gasteiger partial charge in [-0.1, -0.05) is 26.8 Å². The molecule has 108 valence electrons. The van der Waals surface area contributed by atoms with Crippen molar-refractivity contribution in [3.63, 3.8) is 0 Å². The van der Waals surface area contributed by atoms with Gasteiger partial charge in [-0.25, -0.2) is 0 Å². The van der Waals surface area contributed by atoms with Crippen LogP contribution in [-0.2, 0) is 9.59 Å². The number of amides is 2. The van der Waals surface area contributed by atoms with Crippen LogP contribution in [0, 0.1) is 5.41 Å². The van der Waals surface area contributed by atoms with Crippen LogP contribution in [-0.4, -0.2) is 18.4 Å². The van der Waals surface area contributed by atoms with Gasteiger partial charge >= 0.3 is 0 Å². The Morgan fingerprint density at radius 2 is 2.15 bits per heavy atom. The van der Waals surface area contributed by atoms with Gasteiger partial charge < -0.3 is 10.2 Å². The molecular formula is C16H22N2O2. The van der Waals surface area contributed by atoms with Crippen molar-refractivity contribution in [1.82, 2.24) is 0 Å². The van der Waals surface area contributed by atoms with E-state index in [0.717, 1.165) is 30.8 Å². The Hall–Kier alpha value is -1.84. The van der Waals surface area contributed by atoms with Crippen molar-refractivity contribution in [3.8, 4) is 0 Å². The maximum absolute atomic E-state index is 12.2. The van der Waals surface area contributed by atoms with Crippen molar-refractivity contribution >= 4 is 23.2 Å². The van der Waals surface area contributed by atoms with E-state index in [1.165, 1.54) is 0 Å². The van der Waals surface area contributed by atoms with Gasteiger partial charge in [-0.3, -0.25) is 9.59 Å². The minimum absolute atomic E-state index is 0.00454. The van der Waals surface area contributed by atoms with Crippen LogP contribution in [0.3, 0.4) is 0 Å². The molecule has 0 aromatic heterocycles. The standard InChI is InChI=1S/C16H22N2O2/c1-4-16(2,3)15(20)17-12-7-5-8-13(11-12)18-10-6-9-14(18)19/h5,7-8,11H,4,6,9-10H2,1-3H3,(H,17,20). The third-order valence-corrected chi connectivity index (χ3v) is 3.99. The number of benzene rings is 1. The summed E-state index contributed by atoms with van der Waals surface area (Å²) in [6.45, 7) is 6.61. The van der Waals surface area contributed by atoms with Crippen LogP contribution in [0.25, 0.3) is 0 Å². The second-order valence-electron chi connectivity index (χ2n) is 5.89. The van der Waals surface area contributed by atoms with Gasteiger partial charge in [-0.15, -0.1) is 0 Å². The van der Waals surface area contributed by atoms with Crippen LogP contribution in [0.4, 0.5) is 11.4 Å². The quantitative estimate of drug-likeness (QED) is 0.916. The van der Waals surface area contributed by atoms with E-state index in [1.54, 1.807) is 4.90 Å². The molecule has 2 amide bonds. The van der Waals surface area contributed by atoms with Gasteiger partial charge in [0.2, 0.25) is 11.8 Å². The summed E-state index contributed by atoms with van der Waals surface area (Å²) in [7, 11) is 0. The molecule has 0 bridgehead atoms. The highest BCUT2D eigenvalue weighted by atomic mass is 16.2. The number of rotatable bonds is 4. The van der Waals surface area contributed by atoms with Gasteiger partial charge in [-0.2, -0.15) is 0 Å². The lowest BCUT2D eigenvalue weighted by atomic mass is 9.89. The Bertz CT molecular complexity index is 523. The molecule has 1 saturated heterocycles. The fourth-order valence-electron chi connectivity index (χ4n) is 2.13. The Morgan fingerprint density at radius 3 is 2.75 bits per heavy atom. The molecule has 0 saturated carbocycles. The minimum atomic E-state index is -0.389. The number of nitrogens with one attached hydrogen (secondary N) is 1. The molecule has 0 aliphatic carbocycles. The van der Waals surface area contributed by atoms with E-state index in [4.69, 9.17) is 0 Å². The predicted molar refractivity (Wildman–Crippen MR) is 80.7 cm³/mol. The van der Waals surface area contributed by atoms with Crippen molar-refractivity contribution in [2.75, 3.05) is 16.8 Å². The molecule has 0 unspecified atom stereocenters. The van der Waals surface area contributed by atoms with E-state index < -0.39 is 0 Å². The van der Waals surface area contributed by atoms with Crippen molar-refractivity contribution < 1.29 is 9.59 Å². The number of hydrogen-bond acceptors (Lipinski definition) is 2. The third-order valence-electron chi connectivity index (χ3n) is 3.99. The summed E-state index contributed by atoms with van der Waals surface area (Å²) >= 11 is 0. The summed E-state index contributed by atoms with van der Waals surface area (Å²) in [6.07, 6.45) is 2.29. The van der Waals surface area contributed by atoms with Crippen LogP contribution < -0.4 is 10.2 Å². The molecule has 1 aliphatic rings. The fourth-order valence-corrected chi connectivity index (χ4v) is 2.13. The molecule has 1 N–H and O–H groups in total. The third kappa shape index (κ3) is 3.00. The van der Waals surface area contributed by atoms with Crippen LogP contribution in [0.5, 0.6) is 0 Å². The van der Waals surface area contributed by atoms with E-state index in [-0.39, 0.29) is 17.2 Å². The molecule has 1 fully saturated rings. The lowest BCUT2D eigenvalue weighted by Gasteiger charge is -2.22. The van der Waals surface area contributed by atoms with Gasteiger partial charge in [-0.05, 0) is 31.0 Å². The predicted octanol–water partition coefficient (Wildman–Crippen LogP) is 3.19. The van der Waals surface area contributed by atoms with Gasteiger partial charge in [0.25, 0.3) is 0 Å². The molecule has 1 aromatic carbocycles. The summed E-state index contributed by atoms with van der Waals surface area (Å²) in [4.78, 5) is 25.7. The number of hydrogen-bond donors (Lipinski definition) is 1. The first-order valence-electron chi connectivity index (χ1n) is 7.16. The maximum Gasteiger partial charge on any atom is 0.230 e. The molecular weight excluding hydrogens is 252 g/mol. The topological polar surface area (TPSA) is 49.4 Å². The monoisotopic (exact) mass is 274 g/mol. The van der Waals surface area contributed by atoms with Crippen molar-refractivity contribution in [2.24, 2.45) is 5.41 Å². The summed E-state index contributed by atoms with van der Waals surface area (Å²) < 4.78 is 0. The largest absolute Gasteiger partial charge is 0.326 e. The second-order valence-corrected chi connectivity index (χ2v) is 5.89. The Morgan fingerprint density at radius 1 is 1.40 bits per heavy atom. The molecule has 4 nitrogen and oxygen atoms in total. The van der Waals surface area contributed by atoms with Crippen molar-refractivity contribution in [3.05, 3.63) is 24.3 Å². The first kappa shape index (κ1) is 14.6. The molecule has 0 spiro atoms. The molecule has 1 aliphatic heterocycles. The number of carbonyl (C=O) groups excluding carboxylic acids is 2. The van der Waals surface area contributed by atoms with E-state index in [0.29, 0.717) is 6.42 Å². The van der Waals surface area contributed by atoms with Gasteiger partial charge in [0.1, 0.15) is 0 Å². The SMILES string of the molecule is CCC(C)(C)C(=O)Nc1cccc(N2CCCC2=O)c1. The molecule has 0 atom stereocenters. The Kier molecular flexibility index (Phi) is 4.12. The Labute approximate surface area is 120 Å². The summed E-state index contributed by atoms with van der Waals surface area (Å²) in [5, 5.41) is 2.93. The van der Waals surface area contributed by atoms with Crippen LogP contribution in [0.15, 0.2) is 24.3 Å². The van der Waals surface area contributed by atoms with Gasteiger partial charge in [0.05, 0.1) is 0 Å². The normalized spacial score (nSPS) is 15.6. The summed E-state index contributed by atoms with van der Waals surface area (Å²) in [5.74, 6) is 0.160. The van der Waals surface area contributed by atoms with Gasteiger partial charge in [0.15, 0.2) is 0 Å². The van der Waals surface area contributed by atoms with E-state index >= 15 is 0 Å². The smallest absolute Gasteiger partial charge is 0.230 e. The highest BCUT2D eigenvalue weighted by Crippen LogP contribution is 2.26. The highest BCUT2D eigenvalue weighted by molar-refractivity contribution is 5.98. The Balaban J connectivity index is 2.14. The molecule has 1 heterocycles. The van der Waals surface area contributed by atoms with Crippen LogP contribution in [0.2, 0.25) is 0 Å². The fraction of sp³-hybridized carbons (Fsp3) is 0.500. The molecule has 1 aromatic rings. The zero-order valence-electron chi connectivity index (χ0n) is 12.4. The van der Waals surface area contributed by atoms with E-state index in [1.807, 2.05) is 45.0 Å². The van der Waals surface area contributed by atoms with Crippen LogP contribution in [0.1, 0.15) is 40.0 Å². The van der Waals surface area contributed by atoms with Crippen LogP contribution >= 0.6 is 0 Å². The average molecular weight is 274 g/mol. The maximum atomic E-state index is 12.2. The van der Waals surface area contributed by atoms with E-state index in [9.17, 15) is 9.59 Å². The zero-order chi connectivity index (χ0) is 14.8. The molecule has 0 radical (unpaired) electrons. The summed E-state index contributed by atoms with van der Waals surface area (Å²) in [5.41, 5.74) is 1.22. The van der Waals surface area contributed by atoms with Gasteiger partial charge in [0, 0.05) is 29.8 Å². The number of nitrogens with zero attached hydrogens (tertiary/aromatic N) is 1. The van der Waals surface area contributed by atoms with E-state index in [2.05, 4.69) is 5.32 Å².